The summed E-state index contributed by atoms with van der Waals surface area (Å²) >= 11 is 0. The zero-order valence-corrected chi connectivity index (χ0v) is 9.78. The molecule has 2 heteroatoms. The smallest absolute Gasteiger partial charge is 0.158 e. The molecule has 0 saturated heterocycles. The molecular formula is C14H16O2. The van der Waals surface area contributed by atoms with E-state index in [-0.39, 0.29) is 16.9 Å². The second-order valence-corrected chi connectivity index (χ2v) is 5.12. The summed E-state index contributed by atoms with van der Waals surface area (Å²) in [5.41, 5.74) is 1.18. The van der Waals surface area contributed by atoms with Gasteiger partial charge in [-0.3, -0.25) is 0 Å². The average molecular weight is 216 g/mol. The van der Waals surface area contributed by atoms with Crippen molar-refractivity contribution in [1.82, 2.24) is 0 Å². The average Bonchev–Trinajstić information content (AvgIpc) is 2.17. The van der Waals surface area contributed by atoms with Gasteiger partial charge in [-0.2, -0.15) is 0 Å². The standard InChI is InChI=1S/C14H16O2/c1-14(2,3)11-6-4-5-9-7-12(15)13(16)8-10(9)11/h4-8,15-16H,1-3H3. The number of phenolic OH excluding ortho intramolecular Hbond substituents is 2. The predicted molar refractivity (Wildman–Crippen MR) is 66.0 cm³/mol. The highest BCUT2D eigenvalue weighted by molar-refractivity contribution is 5.89. The van der Waals surface area contributed by atoms with Gasteiger partial charge < -0.3 is 10.2 Å². The van der Waals surface area contributed by atoms with E-state index in [9.17, 15) is 10.2 Å². The summed E-state index contributed by atoms with van der Waals surface area (Å²) in [5, 5.41) is 21.0. The van der Waals surface area contributed by atoms with Crippen LogP contribution in [0.5, 0.6) is 11.5 Å². The van der Waals surface area contributed by atoms with Gasteiger partial charge in [-0.15, -0.1) is 0 Å². The second kappa shape index (κ2) is 3.41. The van der Waals surface area contributed by atoms with Gasteiger partial charge in [0.1, 0.15) is 0 Å². The Labute approximate surface area is 95.2 Å². The topological polar surface area (TPSA) is 40.5 Å². The molecule has 2 nitrogen and oxygen atoms in total. The van der Waals surface area contributed by atoms with Crippen LogP contribution in [0.25, 0.3) is 10.8 Å². The van der Waals surface area contributed by atoms with Gasteiger partial charge in [-0.05, 0) is 33.9 Å². The highest BCUT2D eigenvalue weighted by Gasteiger charge is 2.17. The molecule has 2 N–H and O–H groups in total. The van der Waals surface area contributed by atoms with Crippen LogP contribution >= 0.6 is 0 Å². The number of hydrogen-bond donors (Lipinski definition) is 2. The first-order valence-electron chi connectivity index (χ1n) is 5.35. The van der Waals surface area contributed by atoms with E-state index in [4.69, 9.17) is 0 Å². The van der Waals surface area contributed by atoms with Crippen LogP contribution in [0.15, 0.2) is 30.3 Å². The quantitative estimate of drug-likeness (QED) is 0.661. The van der Waals surface area contributed by atoms with Crippen LogP contribution in [0.4, 0.5) is 0 Å². The van der Waals surface area contributed by atoms with Crippen molar-refractivity contribution in [1.29, 1.82) is 0 Å². The van der Waals surface area contributed by atoms with E-state index in [0.29, 0.717) is 0 Å². The Morgan fingerprint density at radius 2 is 1.56 bits per heavy atom. The molecule has 0 unspecified atom stereocenters. The molecule has 0 aliphatic heterocycles. The molecule has 0 aromatic heterocycles. The fraction of sp³-hybridized carbons (Fsp3) is 0.286. The number of phenols is 2. The third kappa shape index (κ3) is 1.71. The van der Waals surface area contributed by atoms with Crippen molar-refractivity contribution in [2.24, 2.45) is 0 Å². The van der Waals surface area contributed by atoms with Crippen molar-refractivity contribution in [3.63, 3.8) is 0 Å². The number of benzene rings is 2. The van der Waals surface area contributed by atoms with Crippen LogP contribution in [0, 0.1) is 0 Å². The highest BCUT2D eigenvalue weighted by atomic mass is 16.3. The fourth-order valence-electron chi connectivity index (χ4n) is 1.96. The van der Waals surface area contributed by atoms with E-state index < -0.39 is 0 Å². The molecule has 0 fully saturated rings. The first-order valence-corrected chi connectivity index (χ1v) is 5.35. The molecular weight excluding hydrogens is 200 g/mol. The molecule has 0 saturated carbocycles. The molecule has 0 amide bonds. The summed E-state index contributed by atoms with van der Waals surface area (Å²) in [5.74, 6) is -0.136. The lowest BCUT2D eigenvalue weighted by Crippen LogP contribution is -2.11. The maximum atomic E-state index is 9.56. The summed E-state index contributed by atoms with van der Waals surface area (Å²) in [7, 11) is 0. The minimum absolute atomic E-state index is 0.0168. The van der Waals surface area contributed by atoms with Crippen molar-refractivity contribution in [3.05, 3.63) is 35.9 Å². The first-order chi connectivity index (χ1) is 7.39. The minimum atomic E-state index is -0.0708. The molecule has 16 heavy (non-hydrogen) atoms. The third-order valence-electron chi connectivity index (χ3n) is 2.78. The molecule has 0 spiro atoms. The minimum Gasteiger partial charge on any atom is -0.504 e. The number of aromatic hydroxyl groups is 2. The molecule has 84 valence electrons. The number of fused-ring (bicyclic) bond motifs is 1. The Hall–Kier alpha value is -1.70. The molecule has 0 atom stereocenters. The Morgan fingerprint density at radius 3 is 2.19 bits per heavy atom. The SMILES string of the molecule is CC(C)(C)c1cccc2cc(O)c(O)cc12. The zero-order chi connectivity index (χ0) is 11.9. The van der Waals surface area contributed by atoms with E-state index in [2.05, 4.69) is 26.8 Å². The second-order valence-electron chi connectivity index (χ2n) is 5.12. The van der Waals surface area contributed by atoms with Crippen LogP contribution in [0.1, 0.15) is 26.3 Å². The van der Waals surface area contributed by atoms with Gasteiger partial charge in [-0.25, -0.2) is 0 Å². The van der Waals surface area contributed by atoms with E-state index >= 15 is 0 Å². The molecule has 0 aliphatic rings. The fourth-order valence-corrected chi connectivity index (χ4v) is 1.96. The molecule has 0 bridgehead atoms. The van der Waals surface area contributed by atoms with E-state index in [1.165, 1.54) is 5.56 Å². The number of hydrogen-bond acceptors (Lipinski definition) is 2. The van der Waals surface area contributed by atoms with Crippen LogP contribution in [-0.2, 0) is 5.41 Å². The van der Waals surface area contributed by atoms with Gasteiger partial charge in [0.15, 0.2) is 11.5 Å². The lowest BCUT2D eigenvalue weighted by atomic mass is 9.83. The molecule has 2 aromatic rings. The van der Waals surface area contributed by atoms with Gasteiger partial charge >= 0.3 is 0 Å². The van der Waals surface area contributed by atoms with Crippen LogP contribution < -0.4 is 0 Å². The lowest BCUT2D eigenvalue weighted by Gasteiger charge is -2.21. The maximum Gasteiger partial charge on any atom is 0.158 e. The highest BCUT2D eigenvalue weighted by Crippen LogP contribution is 2.35. The molecule has 0 heterocycles. The van der Waals surface area contributed by atoms with E-state index in [1.54, 1.807) is 12.1 Å². The molecule has 0 aliphatic carbocycles. The monoisotopic (exact) mass is 216 g/mol. The lowest BCUT2D eigenvalue weighted by molar-refractivity contribution is 0.405. The Balaban J connectivity index is 2.82. The maximum absolute atomic E-state index is 9.56. The van der Waals surface area contributed by atoms with Crippen molar-refractivity contribution in [3.8, 4) is 11.5 Å². The summed E-state index contributed by atoms with van der Waals surface area (Å²) in [6.07, 6.45) is 0. The van der Waals surface area contributed by atoms with Crippen LogP contribution in [0.2, 0.25) is 0 Å². The normalized spacial score (nSPS) is 11.9. The van der Waals surface area contributed by atoms with E-state index in [0.717, 1.165) is 10.8 Å². The summed E-state index contributed by atoms with van der Waals surface area (Å²) in [6.45, 7) is 6.39. The molecule has 2 aromatic carbocycles. The predicted octanol–water partition coefficient (Wildman–Crippen LogP) is 3.55. The van der Waals surface area contributed by atoms with Gasteiger partial charge in [0, 0.05) is 0 Å². The Kier molecular flexibility index (Phi) is 2.30. The molecule has 0 radical (unpaired) electrons. The van der Waals surface area contributed by atoms with Crippen LogP contribution in [-0.4, -0.2) is 10.2 Å². The van der Waals surface area contributed by atoms with Crippen molar-refractivity contribution >= 4 is 10.8 Å². The largest absolute Gasteiger partial charge is 0.504 e. The van der Waals surface area contributed by atoms with Crippen molar-refractivity contribution in [2.45, 2.75) is 26.2 Å². The first kappa shape index (κ1) is 10.8. The van der Waals surface area contributed by atoms with Gasteiger partial charge in [0.25, 0.3) is 0 Å². The van der Waals surface area contributed by atoms with Crippen LogP contribution in [0.3, 0.4) is 0 Å². The van der Waals surface area contributed by atoms with Gasteiger partial charge in [0.05, 0.1) is 0 Å². The Morgan fingerprint density at radius 1 is 0.938 bits per heavy atom. The van der Waals surface area contributed by atoms with Gasteiger partial charge in [0.2, 0.25) is 0 Å². The van der Waals surface area contributed by atoms with E-state index in [1.807, 2.05) is 12.1 Å². The molecule has 2 rings (SSSR count). The van der Waals surface area contributed by atoms with Gasteiger partial charge in [-0.1, -0.05) is 39.0 Å². The summed E-state index contributed by atoms with van der Waals surface area (Å²) < 4.78 is 0. The summed E-state index contributed by atoms with van der Waals surface area (Å²) in [4.78, 5) is 0. The number of rotatable bonds is 0. The van der Waals surface area contributed by atoms with Crippen molar-refractivity contribution < 1.29 is 10.2 Å². The summed E-state index contributed by atoms with van der Waals surface area (Å²) in [6, 6.07) is 9.19. The Bertz CT molecular complexity index is 536. The zero-order valence-electron chi connectivity index (χ0n) is 9.78. The van der Waals surface area contributed by atoms with Crippen molar-refractivity contribution in [2.75, 3.05) is 0 Å². The third-order valence-corrected chi connectivity index (χ3v) is 2.78.